The van der Waals surface area contributed by atoms with Crippen LogP contribution in [-0.4, -0.2) is 44.0 Å². The number of aromatic amines is 1. The molecule has 0 aromatic carbocycles. The summed E-state index contributed by atoms with van der Waals surface area (Å²) >= 11 is 0. The summed E-state index contributed by atoms with van der Waals surface area (Å²) in [7, 11) is 0. The molecule has 176 valence electrons. The number of fused-ring (bicyclic) bond motifs is 2. The highest BCUT2D eigenvalue weighted by molar-refractivity contribution is 6.06. The zero-order chi connectivity index (χ0) is 23.4. The van der Waals surface area contributed by atoms with E-state index in [9.17, 15) is 4.79 Å². The molecule has 1 saturated heterocycles. The number of aromatic nitrogens is 4. The van der Waals surface area contributed by atoms with Crippen LogP contribution in [0, 0.1) is 5.41 Å². The zero-order valence-electron chi connectivity index (χ0n) is 20.1. The third-order valence-corrected chi connectivity index (χ3v) is 7.17. The number of H-pyrrole nitrogens is 1. The third-order valence-electron chi connectivity index (χ3n) is 7.17. The Bertz CT molecular complexity index is 1370. The zero-order valence-corrected chi connectivity index (χ0v) is 20.1. The maximum absolute atomic E-state index is 13.8. The van der Waals surface area contributed by atoms with Gasteiger partial charge in [-0.2, -0.15) is 0 Å². The molecule has 0 spiro atoms. The van der Waals surface area contributed by atoms with Crippen molar-refractivity contribution in [2.75, 3.05) is 13.1 Å². The number of carbonyl (C=O) groups excluding carboxylic acids is 1. The molecule has 0 unspecified atom stereocenters. The van der Waals surface area contributed by atoms with Crippen molar-refractivity contribution in [3.05, 3.63) is 53.1 Å². The molecule has 7 nitrogen and oxygen atoms in total. The first-order chi connectivity index (χ1) is 16.4. The second kappa shape index (κ2) is 7.93. The SMILES string of the molecule is CC(C)(C)Cc1noc2nc(C3CC3)cc(C(=O)N3CCC(c4c[nH]c5ncccc45)CC3)c12. The molecule has 0 atom stereocenters. The fraction of sp³-hybridized carbons (Fsp3) is 0.481. The van der Waals surface area contributed by atoms with E-state index < -0.39 is 0 Å². The van der Waals surface area contributed by atoms with Crippen molar-refractivity contribution >= 4 is 28.0 Å². The van der Waals surface area contributed by atoms with Gasteiger partial charge in [0.1, 0.15) is 5.65 Å². The Kier molecular flexibility index (Phi) is 4.97. The topological polar surface area (TPSA) is 87.9 Å². The van der Waals surface area contributed by atoms with Crippen LogP contribution in [-0.2, 0) is 6.42 Å². The lowest BCUT2D eigenvalue weighted by Crippen LogP contribution is -2.38. The lowest BCUT2D eigenvalue weighted by atomic mass is 9.88. The standard InChI is InChI=1S/C27H31N5O2/c1-27(2,3)14-22-23-19(13-21(17-6-7-17)30-25(23)34-31-22)26(33)32-11-8-16(9-12-32)20-15-29-24-18(20)5-4-10-28-24/h4-5,10,13,15-17H,6-9,11-12,14H2,1-3H3,(H,28,29). The molecule has 1 N–H and O–H groups in total. The van der Waals surface area contributed by atoms with Crippen LogP contribution in [0.1, 0.15) is 85.6 Å². The van der Waals surface area contributed by atoms with Crippen LogP contribution in [0.15, 0.2) is 35.1 Å². The van der Waals surface area contributed by atoms with Gasteiger partial charge < -0.3 is 14.4 Å². The molecule has 1 saturated carbocycles. The Morgan fingerprint density at radius 1 is 1.18 bits per heavy atom. The van der Waals surface area contributed by atoms with Gasteiger partial charge in [0.2, 0.25) is 0 Å². The quantitative estimate of drug-likeness (QED) is 0.432. The Labute approximate surface area is 198 Å². The minimum atomic E-state index is 0.0336. The summed E-state index contributed by atoms with van der Waals surface area (Å²) in [5, 5.41) is 6.34. The third kappa shape index (κ3) is 3.87. The molecule has 6 rings (SSSR count). The van der Waals surface area contributed by atoms with Gasteiger partial charge in [0.05, 0.1) is 16.6 Å². The minimum absolute atomic E-state index is 0.0336. The largest absolute Gasteiger partial charge is 0.346 e. The summed E-state index contributed by atoms with van der Waals surface area (Å²) in [4.78, 5) is 28.3. The highest BCUT2D eigenvalue weighted by Gasteiger charge is 2.32. The molecule has 5 heterocycles. The number of nitrogens with one attached hydrogen (secondary N) is 1. The molecule has 7 heteroatoms. The number of hydrogen-bond donors (Lipinski definition) is 1. The normalized spacial score (nSPS) is 17.7. The molecule has 0 radical (unpaired) electrons. The summed E-state index contributed by atoms with van der Waals surface area (Å²) in [6.45, 7) is 7.99. The second-order valence-corrected chi connectivity index (χ2v) is 11.1. The molecule has 0 bridgehead atoms. The van der Waals surface area contributed by atoms with Gasteiger partial charge in [-0.25, -0.2) is 9.97 Å². The van der Waals surface area contributed by atoms with Crippen LogP contribution >= 0.6 is 0 Å². The van der Waals surface area contributed by atoms with Crippen molar-refractivity contribution in [2.45, 2.75) is 64.7 Å². The number of nitrogens with zero attached hydrogens (tertiary/aromatic N) is 4. The first kappa shape index (κ1) is 21.3. The van der Waals surface area contributed by atoms with Gasteiger partial charge in [-0.05, 0) is 67.2 Å². The summed E-state index contributed by atoms with van der Waals surface area (Å²) in [6, 6.07) is 6.13. The number of rotatable bonds is 4. The van der Waals surface area contributed by atoms with Crippen molar-refractivity contribution in [3.63, 3.8) is 0 Å². The first-order valence-electron chi connectivity index (χ1n) is 12.4. The van der Waals surface area contributed by atoms with Crippen LogP contribution in [0.5, 0.6) is 0 Å². The molecule has 2 aliphatic rings. The lowest BCUT2D eigenvalue weighted by molar-refractivity contribution is 0.0715. The number of carbonyl (C=O) groups is 1. The molecule has 34 heavy (non-hydrogen) atoms. The van der Waals surface area contributed by atoms with E-state index in [0.717, 1.165) is 67.6 Å². The lowest BCUT2D eigenvalue weighted by Gasteiger charge is -2.32. The molecule has 2 fully saturated rings. The Hall–Kier alpha value is -3.22. The van der Waals surface area contributed by atoms with Crippen molar-refractivity contribution in [3.8, 4) is 0 Å². The highest BCUT2D eigenvalue weighted by atomic mass is 16.5. The van der Waals surface area contributed by atoms with E-state index in [4.69, 9.17) is 9.51 Å². The second-order valence-electron chi connectivity index (χ2n) is 11.1. The Morgan fingerprint density at radius 3 is 2.71 bits per heavy atom. The van der Waals surface area contributed by atoms with Gasteiger partial charge in [0.15, 0.2) is 0 Å². The van der Waals surface area contributed by atoms with Crippen molar-refractivity contribution in [1.29, 1.82) is 0 Å². The predicted octanol–water partition coefficient (Wildman–Crippen LogP) is 5.58. The van der Waals surface area contributed by atoms with Crippen molar-refractivity contribution in [1.82, 2.24) is 25.0 Å². The average Bonchev–Trinajstić information content (AvgIpc) is 3.48. The van der Waals surface area contributed by atoms with Gasteiger partial charge in [-0.3, -0.25) is 4.79 Å². The van der Waals surface area contributed by atoms with Crippen LogP contribution in [0.4, 0.5) is 0 Å². The van der Waals surface area contributed by atoms with Crippen LogP contribution in [0.25, 0.3) is 22.1 Å². The van der Waals surface area contributed by atoms with Crippen LogP contribution < -0.4 is 0 Å². The average molecular weight is 458 g/mol. The summed E-state index contributed by atoms with van der Waals surface area (Å²) in [5.41, 5.74) is 5.30. The predicted molar refractivity (Wildman–Crippen MR) is 131 cm³/mol. The molecular formula is C27H31N5O2. The molecular weight excluding hydrogens is 426 g/mol. The number of piperidine rings is 1. The van der Waals surface area contributed by atoms with Gasteiger partial charge in [-0.1, -0.05) is 25.9 Å². The summed E-state index contributed by atoms with van der Waals surface area (Å²) < 4.78 is 5.66. The number of pyridine rings is 2. The monoisotopic (exact) mass is 457 g/mol. The molecule has 1 amide bonds. The summed E-state index contributed by atoms with van der Waals surface area (Å²) in [6.07, 6.45) is 8.77. The number of hydrogen-bond acceptors (Lipinski definition) is 5. The van der Waals surface area contributed by atoms with E-state index >= 15 is 0 Å². The van der Waals surface area contributed by atoms with E-state index in [1.54, 1.807) is 0 Å². The maximum atomic E-state index is 13.8. The van der Waals surface area contributed by atoms with E-state index in [1.165, 1.54) is 10.9 Å². The van der Waals surface area contributed by atoms with Crippen LogP contribution in [0.2, 0.25) is 0 Å². The van der Waals surface area contributed by atoms with Crippen LogP contribution in [0.3, 0.4) is 0 Å². The fourth-order valence-corrected chi connectivity index (χ4v) is 5.29. The van der Waals surface area contributed by atoms with Gasteiger partial charge in [0, 0.05) is 42.5 Å². The fourth-order valence-electron chi connectivity index (χ4n) is 5.29. The minimum Gasteiger partial charge on any atom is -0.346 e. The Morgan fingerprint density at radius 2 is 1.97 bits per heavy atom. The van der Waals surface area contributed by atoms with Crippen molar-refractivity contribution in [2.24, 2.45) is 5.41 Å². The summed E-state index contributed by atoms with van der Waals surface area (Å²) in [5.74, 6) is 0.938. The Balaban J connectivity index is 1.29. The molecule has 4 aromatic heterocycles. The number of amides is 1. The van der Waals surface area contributed by atoms with Gasteiger partial charge >= 0.3 is 0 Å². The first-order valence-corrected chi connectivity index (χ1v) is 12.4. The smallest absolute Gasteiger partial charge is 0.259 e. The maximum Gasteiger partial charge on any atom is 0.259 e. The van der Waals surface area contributed by atoms with E-state index in [-0.39, 0.29) is 11.3 Å². The molecule has 1 aliphatic carbocycles. The number of likely N-dealkylation sites (tertiary alicyclic amines) is 1. The van der Waals surface area contributed by atoms with E-state index in [2.05, 4.69) is 48.2 Å². The van der Waals surface area contributed by atoms with Crippen molar-refractivity contribution < 1.29 is 9.32 Å². The molecule has 1 aliphatic heterocycles. The van der Waals surface area contributed by atoms with Gasteiger partial charge in [0.25, 0.3) is 11.6 Å². The van der Waals surface area contributed by atoms with Gasteiger partial charge in [-0.15, -0.1) is 0 Å². The van der Waals surface area contributed by atoms with E-state index in [1.807, 2.05) is 23.2 Å². The molecule has 4 aromatic rings. The van der Waals surface area contributed by atoms with E-state index in [0.29, 0.717) is 23.1 Å². The highest BCUT2D eigenvalue weighted by Crippen LogP contribution is 2.41.